The van der Waals surface area contributed by atoms with Gasteiger partial charge in [0.2, 0.25) is 17.7 Å². The van der Waals surface area contributed by atoms with Gasteiger partial charge in [-0.25, -0.2) is 0 Å². The van der Waals surface area contributed by atoms with E-state index in [0.717, 1.165) is 19.4 Å². The number of rotatable bonds is 4. The van der Waals surface area contributed by atoms with Gasteiger partial charge in [0, 0.05) is 52.9 Å². The largest absolute Gasteiger partial charge is 0.341 e. The van der Waals surface area contributed by atoms with Crippen molar-refractivity contribution in [2.75, 3.05) is 19.6 Å². The molecule has 0 spiro atoms. The molecule has 1 fully saturated rings. The first-order chi connectivity index (χ1) is 9.97. The van der Waals surface area contributed by atoms with Crippen molar-refractivity contribution < 1.29 is 14.1 Å². The highest BCUT2D eigenvalue weighted by Crippen LogP contribution is 2.17. The van der Waals surface area contributed by atoms with Gasteiger partial charge >= 0.3 is 0 Å². The van der Waals surface area contributed by atoms with Gasteiger partial charge in [-0.3, -0.25) is 9.59 Å². The predicted octanol–water partition coefficient (Wildman–Crippen LogP) is 0.780. The van der Waals surface area contributed by atoms with E-state index in [1.807, 2.05) is 9.80 Å². The summed E-state index contributed by atoms with van der Waals surface area (Å²) in [6.07, 6.45) is 2.41. The Morgan fingerprint density at radius 3 is 2.76 bits per heavy atom. The number of nitrogens with zero attached hydrogens (tertiary/aromatic N) is 4. The van der Waals surface area contributed by atoms with Crippen LogP contribution < -0.4 is 0 Å². The minimum Gasteiger partial charge on any atom is -0.341 e. The van der Waals surface area contributed by atoms with Gasteiger partial charge < -0.3 is 14.3 Å². The first kappa shape index (κ1) is 15.5. The van der Waals surface area contributed by atoms with Crippen LogP contribution >= 0.6 is 0 Å². The smallest absolute Gasteiger partial charge is 0.223 e. The Hall–Kier alpha value is -1.92. The second kappa shape index (κ2) is 6.69. The zero-order chi connectivity index (χ0) is 15.4. The summed E-state index contributed by atoms with van der Waals surface area (Å²) in [7, 11) is 0. The molecule has 7 heteroatoms. The van der Waals surface area contributed by atoms with Gasteiger partial charge in [0.25, 0.3) is 0 Å². The third-order valence-corrected chi connectivity index (χ3v) is 3.83. The second-order valence-electron chi connectivity index (χ2n) is 5.45. The van der Waals surface area contributed by atoms with Gasteiger partial charge in [0.05, 0.1) is 0 Å². The Kier molecular flexibility index (Phi) is 4.93. The molecule has 1 aromatic rings. The summed E-state index contributed by atoms with van der Waals surface area (Å²) >= 11 is 0. The minimum absolute atomic E-state index is 0.0191. The van der Waals surface area contributed by atoms with Crippen LogP contribution in [0.5, 0.6) is 0 Å². The van der Waals surface area contributed by atoms with Gasteiger partial charge in [-0.15, -0.1) is 0 Å². The fourth-order valence-corrected chi connectivity index (χ4v) is 2.76. The molecule has 1 aliphatic heterocycles. The molecule has 0 N–H and O–H groups in total. The van der Waals surface area contributed by atoms with E-state index in [0.29, 0.717) is 31.2 Å². The molecule has 0 aromatic carbocycles. The Morgan fingerprint density at radius 2 is 2.19 bits per heavy atom. The molecular formula is C14H22N4O3. The lowest BCUT2D eigenvalue weighted by atomic mass is 10.0. The molecule has 1 aliphatic rings. The summed E-state index contributed by atoms with van der Waals surface area (Å²) in [5.74, 6) is 1.22. The van der Waals surface area contributed by atoms with Crippen molar-refractivity contribution in [1.82, 2.24) is 19.9 Å². The number of aryl methyl sites for hydroxylation is 1. The van der Waals surface area contributed by atoms with E-state index >= 15 is 0 Å². The molecule has 1 aromatic heterocycles. The van der Waals surface area contributed by atoms with Gasteiger partial charge in [-0.2, -0.15) is 4.98 Å². The summed E-state index contributed by atoms with van der Waals surface area (Å²) in [4.78, 5) is 31.2. The van der Waals surface area contributed by atoms with Crippen molar-refractivity contribution in [3.05, 3.63) is 11.7 Å². The molecule has 0 saturated carbocycles. The van der Waals surface area contributed by atoms with Crippen LogP contribution in [0, 0.1) is 6.92 Å². The van der Waals surface area contributed by atoms with Crippen molar-refractivity contribution >= 4 is 11.8 Å². The van der Waals surface area contributed by atoms with E-state index in [9.17, 15) is 9.59 Å². The van der Waals surface area contributed by atoms with Crippen molar-refractivity contribution in [2.45, 2.75) is 46.1 Å². The number of piperidine rings is 1. The highest BCUT2D eigenvalue weighted by molar-refractivity contribution is 5.75. The highest BCUT2D eigenvalue weighted by atomic mass is 16.5. The lowest BCUT2D eigenvalue weighted by molar-refractivity contribution is -0.137. The molecule has 7 nitrogen and oxygen atoms in total. The van der Waals surface area contributed by atoms with Crippen molar-refractivity contribution in [3.63, 3.8) is 0 Å². The molecule has 1 saturated heterocycles. The van der Waals surface area contributed by atoms with Crippen LogP contribution in [0.15, 0.2) is 4.52 Å². The number of amides is 2. The molecular weight excluding hydrogens is 272 g/mol. The summed E-state index contributed by atoms with van der Waals surface area (Å²) in [5.41, 5.74) is 0. The monoisotopic (exact) mass is 294 g/mol. The van der Waals surface area contributed by atoms with Gasteiger partial charge in [0.15, 0.2) is 5.82 Å². The fraction of sp³-hybridized carbons (Fsp3) is 0.714. The second-order valence-corrected chi connectivity index (χ2v) is 5.45. The van der Waals surface area contributed by atoms with E-state index in [2.05, 4.69) is 10.1 Å². The van der Waals surface area contributed by atoms with E-state index in [1.54, 1.807) is 20.8 Å². The lowest BCUT2D eigenvalue weighted by Gasteiger charge is -2.38. The van der Waals surface area contributed by atoms with Gasteiger partial charge in [-0.1, -0.05) is 5.16 Å². The maximum atomic E-state index is 11.9. The molecule has 1 atom stereocenters. The highest BCUT2D eigenvalue weighted by Gasteiger charge is 2.28. The molecule has 1 unspecified atom stereocenters. The number of carbonyl (C=O) groups excluding carboxylic acids is 2. The molecule has 0 bridgehead atoms. The molecule has 2 amide bonds. The average molecular weight is 294 g/mol. The lowest BCUT2D eigenvalue weighted by Crippen LogP contribution is -2.51. The summed E-state index contributed by atoms with van der Waals surface area (Å²) in [6.45, 7) is 6.81. The van der Waals surface area contributed by atoms with Crippen LogP contribution in [0.1, 0.15) is 38.4 Å². The van der Waals surface area contributed by atoms with Crippen LogP contribution in [-0.2, 0) is 16.0 Å². The standard InChI is InChI=1S/C14H22N4O3/c1-10-15-14(16-21-10)6-8-18(12(3)20)13-5-4-7-17(9-13)11(2)19/h13H,4-9H2,1-3H3. The van der Waals surface area contributed by atoms with E-state index in [-0.39, 0.29) is 17.9 Å². The molecule has 2 rings (SSSR count). The van der Waals surface area contributed by atoms with Crippen LogP contribution in [-0.4, -0.2) is 57.4 Å². The molecule has 0 radical (unpaired) electrons. The summed E-state index contributed by atoms with van der Waals surface area (Å²) < 4.78 is 4.93. The van der Waals surface area contributed by atoms with Crippen LogP contribution in [0.3, 0.4) is 0 Å². The van der Waals surface area contributed by atoms with Crippen LogP contribution in [0.4, 0.5) is 0 Å². The molecule has 116 valence electrons. The zero-order valence-electron chi connectivity index (χ0n) is 12.8. The minimum atomic E-state index is 0.0191. The number of hydrogen-bond donors (Lipinski definition) is 0. The number of carbonyl (C=O) groups is 2. The Morgan fingerprint density at radius 1 is 1.43 bits per heavy atom. The Labute approximate surface area is 124 Å². The molecule has 0 aliphatic carbocycles. The molecule has 21 heavy (non-hydrogen) atoms. The zero-order valence-corrected chi connectivity index (χ0v) is 12.8. The third kappa shape index (κ3) is 4.03. The van der Waals surface area contributed by atoms with E-state index < -0.39 is 0 Å². The topological polar surface area (TPSA) is 79.5 Å². The van der Waals surface area contributed by atoms with Crippen LogP contribution in [0.2, 0.25) is 0 Å². The quantitative estimate of drug-likeness (QED) is 0.820. The SMILES string of the molecule is CC(=O)N1CCCC(N(CCc2noc(C)n2)C(C)=O)C1. The summed E-state index contributed by atoms with van der Waals surface area (Å²) in [6, 6.07) is 0.0770. The van der Waals surface area contributed by atoms with Crippen molar-refractivity contribution in [2.24, 2.45) is 0 Å². The van der Waals surface area contributed by atoms with Crippen LogP contribution in [0.25, 0.3) is 0 Å². The van der Waals surface area contributed by atoms with Gasteiger partial charge in [-0.05, 0) is 12.8 Å². The fourth-order valence-electron chi connectivity index (χ4n) is 2.76. The maximum absolute atomic E-state index is 11.9. The number of aromatic nitrogens is 2. The number of likely N-dealkylation sites (tertiary alicyclic amines) is 1. The van der Waals surface area contributed by atoms with Crippen molar-refractivity contribution in [3.8, 4) is 0 Å². The van der Waals surface area contributed by atoms with Crippen molar-refractivity contribution in [1.29, 1.82) is 0 Å². The van der Waals surface area contributed by atoms with Gasteiger partial charge in [0.1, 0.15) is 0 Å². The molecule has 2 heterocycles. The Bertz CT molecular complexity index is 514. The first-order valence-electron chi connectivity index (χ1n) is 7.29. The van der Waals surface area contributed by atoms with E-state index in [4.69, 9.17) is 4.52 Å². The van der Waals surface area contributed by atoms with E-state index in [1.165, 1.54) is 0 Å². The third-order valence-electron chi connectivity index (χ3n) is 3.83. The predicted molar refractivity (Wildman–Crippen MR) is 75.4 cm³/mol. The summed E-state index contributed by atoms with van der Waals surface area (Å²) in [5, 5.41) is 3.85. The maximum Gasteiger partial charge on any atom is 0.223 e. The Balaban J connectivity index is 1.97. The normalized spacial score (nSPS) is 18.6. The average Bonchev–Trinajstić information content (AvgIpc) is 2.84. The first-order valence-corrected chi connectivity index (χ1v) is 7.29. The number of hydrogen-bond acceptors (Lipinski definition) is 5.